The van der Waals surface area contributed by atoms with Crippen LogP contribution in [0.3, 0.4) is 0 Å². The summed E-state index contributed by atoms with van der Waals surface area (Å²) in [4.78, 5) is 34.5. The van der Waals surface area contributed by atoms with Gasteiger partial charge in [0.25, 0.3) is 0 Å². The molecule has 114 valence electrons. The number of carboxylic acids is 1. The van der Waals surface area contributed by atoms with Crippen molar-refractivity contribution in [2.45, 2.75) is 51.4 Å². The number of carbonyl (C=O) groups is 3. The fourth-order valence-corrected chi connectivity index (χ4v) is 2.05. The monoisotopic (exact) mass is 287 g/mol. The third-order valence-electron chi connectivity index (χ3n) is 3.55. The lowest BCUT2D eigenvalue weighted by Crippen LogP contribution is -2.49. The van der Waals surface area contributed by atoms with Crippen LogP contribution in [0, 0.1) is 5.92 Å². The lowest BCUT2D eigenvalue weighted by molar-refractivity contribution is -0.154. The van der Waals surface area contributed by atoms with E-state index in [1.807, 2.05) is 13.8 Å². The van der Waals surface area contributed by atoms with Gasteiger partial charge in [-0.25, -0.2) is 9.59 Å². The minimum atomic E-state index is -1.08. The summed E-state index contributed by atoms with van der Waals surface area (Å²) in [7, 11) is 1.26. The minimum absolute atomic E-state index is 0.0805. The summed E-state index contributed by atoms with van der Waals surface area (Å²) in [6, 6.07) is -0.745. The van der Waals surface area contributed by atoms with Crippen molar-refractivity contribution in [3.8, 4) is 0 Å². The summed E-state index contributed by atoms with van der Waals surface area (Å²) in [6.07, 6.45) is -0.460. The molecule has 0 aromatic carbocycles. The molecule has 0 radical (unpaired) electrons. The third-order valence-corrected chi connectivity index (χ3v) is 3.55. The van der Waals surface area contributed by atoms with Crippen molar-refractivity contribution in [2.75, 3.05) is 7.11 Å². The molecule has 1 amide bonds. The number of hydrogen-bond acceptors (Lipinski definition) is 5. The highest BCUT2D eigenvalue weighted by atomic mass is 16.5. The number of carboxylic acid groups (broad SMARTS) is 1. The van der Waals surface area contributed by atoms with E-state index in [4.69, 9.17) is 9.84 Å². The maximum absolute atomic E-state index is 12.0. The van der Waals surface area contributed by atoms with Crippen LogP contribution in [0.5, 0.6) is 0 Å². The van der Waals surface area contributed by atoms with Gasteiger partial charge >= 0.3 is 11.9 Å². The van der Waals surface area contributed by atoms with Crippen LogP contribution < -0.4 is 5.32 Å². The zero-order valence-electron chi connectivity index (χ0n) is 11.9. The van der Waals surface area contributed by atoms with Crippen LogP contribution >= 0.6 is 0 Å². The highest BCUT2D eigenvalue weighted by Crippen LogP contribution is 2.20. The Kier molecular flexibility index (Phi) is 5.94. The van der Waals surface area contributed by atoms with Gasteiger partial charge in [-0.05, 0) is 18.8 Å². The van der Waals surface area contributed by atoms with E-state index in [1.165, 1.54) is 7.11 Å². The number of rotatable bonds is 6. The Balaban J connectivity index is 2.63. The van der Waals surface area contributed by atoms with Gasteiger partial charge < -0.3 is 19.9 Å². The van der Waals surface area contributed by atoms with Gasteiger partial charge in [-0.1, -0.05) is 20.3 Å². The highest BCUT2D eigenvalue weighted by Gasteiger charge is 2.37. The summed E-state index contributed by atoms with van der Waals surface area (Å²) in [5.74, 6) is -2.14. The predicted octanol–water partition coefficient (Wildman–Crippen LogP) is 0.323. The standard InChI is InChI=1S/C13H21NO6/c1-4-7(2)10(13(18)19-3)14-11(15)8-5-6-9(20-8)12(16)17/h7-10H,4-6H2,1-3H3,(H,14,15)(H,16,17). The second-order valence-corrected chi connectivity index (χ2v) is 4.92. The Labute approximate surface area is 117 Å². The molecule has 0 spiro atoms. The Morgan fingerprint density at radius 3 is 2.40 bits per heavy atom. The molecule has 0 aliphatic carbocycles. The molecule has 1 fully saturated rings. The zero-order valence-corrected chi connectivity index (χ0v) is 11.9. The fourth-order valence-electron chi connectivity index (χ4n) is 2.05. The number of aliphatic carboxylic acids is 1. The molecular weight excluding hydrogens is 266 g/mol. The maximum atomic E-state index is 12.0. The first-order valence-corrected chi connectivity index (χ1v) is 6.67. The molecule has 1 heterocycles. The first-order valence-electron chi connectivity index (χ1n) is 6.67. The number of hydrogen-bond donors (Lipinski definition) is 2. The third kappa shape index (κ3) is 3.93. The van der Waals surface area contributed by atoms with Gasteiger partial charge in [0, 0.05) is 0 Å². The van der Waals surface area contributed by atoms with Gasteiger partial charge in [0.1, 0.15) is 12.1 Å². The van der Waals surface area contributed by atoms with E-state index in [0.717, 1.165) is 0 Å². The predicted molar refractivity (Wildman–Crippen MR) is 68.9 cm³/mol. The molecule has 1 aliphatic rings. The summed E-state index contributed by atoms with van der Waals surface area (Å²) in [6.45, 7) is 3.73. The quantitative estimate of drug-likeness (QED) is 0.682. The Morgan fingerprint density at radius 1 is 1.35 bits per heavy atom. The van der Waals surface area contributed by atoms with Gasteiger partial charge in [0.15, 0.2) is 6.10 Å². The average Bonchev–Trinajstić information content (AvgIpc) is 2.92. The summed E-state index contributed by atoms with van der Waals surface area (Å²) >= 11 is 0. The van der Waals surface area contributed by atoms with E-state index in [9.17, 15) is 14.4 Å². The highest BCUT2D eigenvalue weighted by molar-refractivity contribution is 5.87. The number of esters is 1. The molecule has 0 saturated carbocycles. The molecule has 0 aromatic heterocycles. The second-order valence-electron chi connectivity index (χ2n) is 4.92. The molecule has 20 heavy (non-hydrogen) atoms. The van der Waals surface area contributed by atoms with E-state index in [2.05, 4.69) is 10.1 Å². The molecular formula is C13H21NO6. The molecule has 1 aliphatic heterocycles. The van der Waals surface area contributed by atoms with E-state index < -0.39 is 36.1 Å². The summed E-state index contributed by atoms with van der Waals surface area (Å²) in [5, 5.41) is 11.4. The average molecular weight is 287 g/mol. The van der Waals surface area contributed by atoms with Gasteiger partial charge in [-0.2, -0.15) is 0 Å². The summed E-state index contributed by atoms with van der Waals surface area (Å²) < 4.78 is 9.82. The van der Waals surface area contributed by atoms with Crippen LogP contribution in [0.4, 0.5) is 0 Å². The Morgan fingerprint density at radius 2 is 1.95 bits per heavy atom. The zero-order chi connectivity index (χ0) is 15.3. The summed E-state index contributed by atoms with van der Waals surface area (Å²) in [5.41, 5.74) is 0. The minimum Gasteiger partial charge on any atom is -0.479 e. The second kappa shape index (κ2) is 7.23. The maximum Gasteiger partial charge on any atom is 0.332 e. The lowest BCUT2D eigenvalue weighted by Gasteiger charge is -2.23. The Hall–Kier alpha value is -1.63. The molecule has 1 rings (SSSR count). The van der Waals surface area contributed by atoms with Crippen LogP contribution in [0.2, 0.25) is 0 Å². The van der Waals surface area contributed by atoms with Crippen LogP contribution in [-0.4, -0.2) is 48.3 Å². The van der Waals surface area contributed by atoms with Gasteiger partial charge in [-0.15, -0.1) is 0 Å². The van der Waals surface area contributed by atoms with Crippen molar-refractivity contribution in [3.63, 3.8) is 0 Å². The van der Waals surface area contributed by atoms with E-state index in [-0.39, 0.29) is 5.92 Å². The number of ether oxygens (including phenoxy) is 2. The van der Waals surface area contributed by atoms with E-state index >= 15 is 0 Å². The first kappa shape index (κ1) is 16.4. The molecule has 7 nitrogen and oxygen atoms in total. The molecule has 2 N–H and O–H groups in total. The number of amides is 1. The van der Waals surface area contributed by atoms with Crippen LogP contribution in [0.25, 0.3) is 0 Å². The fraction of sp³-hybridized carbons (Fsp3) is 0.769. The normalized spacial score (nSPS) is 24.8. The molecule has 1 saturated heterocycles. The molecule has 0 aromatic rings. The van der Waals surface area contributed by atoms with E-state index in [0.29, 0.717) is 19.3 Å². The molecule has 4 unspecified atom stereocenters. The molecule has 7 heteroatoms. The largest absolute Gasteiger partial charge is 0.479 e. The van der Waals surface area contributed by atoms with Crippen LogP contribution in [0.15, 0.2) is 0 Å². The van der Waals surface area contributed by atoms with E-state index in [1.54, 1.807) is 0 Å². The van der Waals surface area contributed by atoms with Crippen molar-refractivity contribution in [2.24, 2.45) is 5.92 Å². The van der Waals surface area contributed by atoms with Crippen LogP contribution in [0.1, 0.15) is 33.1 Å². The number of carbonyl (C=O) groups excluding carboxylic acids is 2. The van der Waals surface area contributed by atoms with Gasteiger partial charge in [0.2, 0.25) is 5.91 Å². The number of methoxy groups -OCH3 is 1. The van der Waals surface area contributed by atoms with Crippen LogP contribution in [-0.2, 0) is 23.9 Å². The van der Waals surface area contributed by atoms with Gasteiger partial charge in [-0.3, -0.25) is 4.79 Å². The first-order chi connectivity index (χ1) is 9.40. The lowest BCUT2D eigenvalue weighted by atomic mass is 9.99. The SMILES string of the molecule is CCC(C)C(NC(=O)C1CCC(C(=O)O)O1)C(=O)OC. The van der Waals surface area contributed by atoms with Crippen molar-refractivity contribution >= 4 is 17.8 Å². The molecule has 4 atom stereocenters. The van der Waals surface area contributed by atoms with Crippen molar-refractivity contribution in [1.82, 2.24) is 5.32 Å². The topological polar surface area (TPSA) is 102 Å². The van der Waals surface area contributed by atoms with Crippen molar-refractivity contribution < 1.29 is 29.0 Å². The van der Waals surface area contributed by atoms with Crippen molar-refractivity contribution in [1.29, 1.82) is 0 Å². The van der Waals surface area contributed by atoms with Crippen molar-refractivity contribution in [3.05, 3.63) is 0 Å². The number of nitrogens with one attached hydrogen (secondary N) is 1. The van der Waals surface area contributed by atoms with Gasteiger partial charge in [0.05, 0.1) is 7.11 Å². The molecule has 0 bridgehead atoms. The smallest absolute Gasteiger partial charge is 0.332 e. The Bertz CT molecular complexity index is 383.